The van der Waals surface area contributed by atoms with Crippen LogP contribution in [-0.2, 0) is 4.79 Å². The van der Waals surface area contributed by atoms with E-state index in [2.05, 4.69) is 32.8 Å². The second kappa shape index (κ2) is 9.75. The quantitative estimate of drug-likeness (QED) is 0.744. The van der Waals surface area contributed by atoms with Crippen molar-refractivity contribution in [2.24, 2.45) is 0 Å². The number of ether oxygens (including phenoxy) is 1. The van der Waals surface area contributed by atoms with Crippen molar-refractivity contribution in [3.63, 3.8) is 0 Å². The second-order valence-electron chi connectivity index (χ2n) is 6.62. The van der Waals surface area contributed by atoms with Crippen molar-refractivity contribution in [3.05, 3.63) is 60.2 Å². The van der Waals surface area contributed by atoms with Crippen molar-refractivity contribution >= 4 is 17.5 Å². The maximum Gasteiger partial charge on any atom is 0.273 e. The lowest BCUT2D eigenvalue weighted by Gasteiger charge is -2.36. The first-order valence-corrected chi connectivity index (χ1v) is 9.42. The summed E-state index contributed by atoms with van der Waals surface area (Å²) in [6.07, 6.45) is 0.331. The largest absolute Gasteiger partial charge is 0.496 e. The fourth-order valence-electron chi connectivity index (χ4n) is 3.22. The first kappa shape index (κ1) is 19.7. The predicted molar refractivity (Wildman–Crippen MR) is 108 cm³/mol. The van der Waals surface area contributed by atoms with Crippen molar-refractivity contribution in [1.29, 1.82) is 0 Å². The second-order valence-corrected chi connectivity index (χ2v) is 6.62. The molecule has 28 heavy (non-hydrogen) atoms. The van der Waals surface area contributed by atoms with Gasteiger partial charge in [0.25, 0.3) is 5.91 Å². The highest BCUT2D eigenvalue weighted by Crippen LogP contribution is 2.17. The van der Waals surface area contributed by atoms with E-state index in [4.69, 9.17) is 4.74 Å². The van der Waals surface area contributed by atoms with Crippen molar-refractivity contribution in [1.82, 2.24) is 15.8 Å². The molecule has 1 fully saturated rings. The van der Waals surface area contributed by atoms with E-state index in [1.807, 2.05) is 18.2 Å². The zero-order valence-corrected chi connectivity index (χ0v) is 16.1. The molecule has 1 aliphatic rings. The lowest BCUT2D eigenvalue weighted by molar-refractivity contribution is -0.122. The lowest BCUT2D eigenvalue weighted by Crippen LogP contribution is -2.48. The topological polar surface area (TPSA) is 73.9 Å². The molecular weight excluding hydrogens is 356 g/mol. The number of hydrogen-bond acceptors (Lipinski definition) is 5. The fourth-order valence-corrected chi connectivity index (χ4v) is 3.22. The van der Waals surface area contributed by atoms with Crippen LogP contribution in [0.4, 0.5) is 5.69 Å². The molecule has 2 aromatic carbocycles. The Kier molecular flexibility index (Phi) is 6.86. The molecule has 7 nitrogen and oxygen atoms in total. The van der Waals surface area contributed by atoms with Crippen LogP contribution in [0.3, 0.4) is 0 Å². The first-order chi connectivity index (χ1) is 13.7. The summed E-state index contributed by atoms with van der Waals surface area (Å²) in [7, 11) is 1.50. The van der Waals surface area contributed by atoms with Gasteiger partial charge in [-0.25, -0.2) is 0 Å². The standard InChI is InChI=1S/C21H26N4O3/c1-28-19-10-6-5-9-18(19)21(27)23-22-20(26)11-12-24-13-15-25(16-14-24)17-7-3-2-4-8-17/h2-10H,11-16H2,1H3,(H,22,26)(H,23,27). The number of nitrogens with one attached hydrogen (secondary N) is 2. The number of carbonyl (C=O) groups excluding carboxylic acids is 2. The summed E-state index contributed by atoms with van der Waals surface area (Å²) in [6.45, 7) is 4.37. The summed E-state index contributed by atoms with van der Waals surface area (Å²) >= 11 is 0. The van der Waals surface area contributed by atoms with Gasteiger partial charge >= 0.3 is 0 Å². The van der Waals surface area contributed by atoms with Crippen LogP contribution in [0.1, 0.15) is 16.8 Å². The van der Waals surface area contributed by atoms with E-state index in [-0.39, 0.29) is 5.91 Å². The Balaban J connectivity index is 1.37. The van der Waals surface area contributed by atoms with Crippen LogP contribution in [-0.4, -0.2) is 56.5 Å². The van der Waals surface area contributed by atoms with Gasteiger partial charge in [-0.2, -0.15) is 0 Å². The zero-order valence-electron chi connectivity index (χ0n) is 16.1. The van der Waals surface area contributed by atoms with Gasteiger partial charge in [0, 0.05) is 44.8 Å². The number of hydrogen-bond donors (Lipinski definition) is 2. The van der Waals surface area contributed by atoms with Gasteiger partial charge < -0.3 is 9.64 Å². The Morgan fingerprint density at radius 3 is 2.32 bits per heavy atom. The number of hydrazine groups is 1. The van der Waals surface area contributed by atoms with Gasteiger partial charge in [-0.15, -0.1) is 0 Å². The summed E-state index contributed by atoms with van der Waals surface area (Å²) in [6, 6.07) is 17.2. The first-order valence-electron chi connectivity index (χ1n) is 9.42. The fraction of sp³-hybridized carbons (Fsp3) is 0.333. The minimum atomic E-state index is -0.401. The van der Waals surface area contributed by atoms with Crippen LogP contribution in [0.5, 0.6) is 5.75 Å². The Morgan fingerprint density at radius 1 is 0.929 bits per heavy atom. The van der Waals surface area contributed by atoms with Gasteiger partial charge in [0.2, 0.25) is 5.91 Å². The average Bonchev–Trinajstić information content (AvgIpc) is 2.77. The number of piperazine rings is 1. The monoisotopic (exact) mass is 382 g/mol. The van der Waals surface area contributed by atoms with Gasteiger partial charge in [0.15, 0.2) is 0 Å². The molecule has 3 rings (SSSR count). The van der Waals surface area contributed by atoms with Gasteiger partial charge in [0.05, 0.1) is 12.7 Å². The molecule has 0 aliphatic carbocycles. The van der Waals surface area contributed by atoms with Crippen LogP contribution >= 0.6 is 0 Å². The molecule has 0 bridgehead atoms. The molecule has 0 aromatic heterocycles. The highest BCUT2D eigenvalue weighted by molar-refractivity contribution is 5.97. The number of carbonyl (C=O) groups is 2. The van der Waals surface area contributed by atoms with E-state index < -0.39 is 5.91 Å². The lowest BCUT2D eigenvalue weighted by atomic mass is 10.2. The van der Waals surface area contributed by atoms with Gasteiger partial charge in [-0.05, 0) is 24.3 Å². The molecule has 1 saturated heterocycles. The van der Waals surface area contributed by atoms with Gasteiger partial charge in [-0.3, -0.25) is 25.3 Å². The van der Waals surface area contributed by atoms with Crippen molar-refractivity contribution < 1.29 is 14.3 Å². The summed E-state index contributed by atoms with van der Waals surface area (Å²) in [4.78, 5) is 28.9. The molecule has 2 amide bonds. The highest BCUT2D eigenvalue weighted by atomic mass is 16.5. The molecule has 0 saturated carbocycles. The molecule has 7 heteroatoms. The number of nitrogens with zero attached hydrogens (tertiary/aromatic N) is 2. The van der Waals surface area contributed by atoms with E-state index in [9.17, 15) is 9.59 Å². The average molecular weight is 382 g/mol. The molecule has 2 aromatic rings. The molecule has 148 valence electrons. The summed E-state index contributed by atoms with van der Waals surface area (Å²) in [5.74, 6) is -0.151. The van der Waals surface area contributed by atoms with Gasteiger partial charge in [-0.1, -0.05) is 30.3 Å². The molecule has 0 spiro atoms. The minimum absolute atomic E-state index is 0.214. The predicted octanol–water partition coefficient (Wildman–Crippen LogP) is 1.67. The van der Waals surface area contributed by atoms with Crippen molar-refractivity contribution in [2.75, 3.05) is 44.7 Å². The normalized spacial score (nSPS) is 14.4. The van der Waals surface area contributed by atoms with E-state index in [1.54, 1.807) is 24.3 Å². The van der Waals surface area contributed by atoms with E-state index in [1.165, 1.54) is 12.8 Å². The third-order valence-electron chi connectivity index (χ3n) is 4.82. The van der Waals surface area contributed by atoms with E-state index in [0.717, 1.165) is 26.2 Å². The number of rotatable bonds is 6. The number of anilines is 1. The van der Waals surface area contributed by atoms with Crippen LogP contribution in [0.15, 0.2) is 54.6 Å². The molecular formula is C21H26N4O3. The number of amides is 2. The third kappa shape index (κ3) is 5.23. The van der Waals surface area contributed by atoms with Crippen LogP contribution in [0, 0.1) is 0 Å². The highest BCUT2D eigenvalue weighted by Gasteiger charge is 2.18. The maximum absolute atomic E-state index is 12.2. The number of para-hydroxylation sites is 2. The molecule has 1 aliphatic heterocycles. The van der Waals surface area contributed by atoms with Crippen molar-refractivity contribution in [3.8, 4) is 5.75 Å². The molecule has 0 unspecified atom stereocenters. The Bertz CT molecular complexity index is 789. The minimum Gasteiger partial charge on any atom is -0.496 e. The molecule has 2 N–H and O–H groups in total. The Labute approximate surface area is 165 Å². The summed E-state index contributed by atoms with van der Waals surface area (Å²) in [5.41, 5.74) is 6.53. The van der Waals surface area contributed by atoms with Crippen molar-refractivity contribution in [2.45, 2.75) is 6.42 Å². The zero-order chi connectivity index (χ0) is 19.8. The summed E-state index contributed by atoms with van der Waals surface area (Å²) in [5, 5.41) is 0. The number of benzene rings is 2. The third-order valence-corrected chi connectivity index (χ3v) is 4.82. The smallest absolute Gasteiger partial charge is 0.273 e. The Morgan fingerprint density at radius 2 is 1.61 bits per heavy atom. The van der Waals surface area contributed by atoms with Crippen LogP contribution in [0.25, 0.3) is 0 Å². The Hall–Kier alpha value is -3.06. The van der Waals surface area contributed by atoms with Gasteiger partial charge in [0.1, 0.15) is 5.75 Å². The summed E-state index contributed by atoms with van der Waals surface area (Å²) < 4.78 is 5.16. The maximum atomic E-state index is 12.2. The van der Waals surface area contributed by atoms with Crippen LogP contribution < -0.4 is 20.5 Å². The van der Waals surface area contributed by atoms with E-state index in [0.29, 0.717) is 24.3 Å². The number of methoxy groups -OCH3 is 1. The van der Waals surface area contributed by atoms with Crippen LogP contribution in [0.2, 0.25) is 0 Å². The SMILES string of the molecule is COc1ccccc1C(=O)NNC(=O)CCN1CCN(c2ccccc2)CC1. The molecule has 0 atom stereocenters. The molecule has 0 radical (unpaired) electrons. The van der Waals surface area contributed by atoms with E-state index >= 15 is 0 Å². The molecule has 1 heterocycles.